The van der Waals surface area contributed by atoms with E-state index in [0.717, 1.165) is 5.56 Å². The maximum absolute atomic E-state index is 8.55. The number of rotatable bonds is 2. The molecule has 0 aliphatic rings. The van der Waals surface area contributed by atoms with Crippen molar-refractivity contribution in [3.63, 3.8) is 0 Å². The Labute approximate surface area is 72.8 Å². The Morgan fingerprint density at radius 1 is 1.42 bits per heavy atom. The Hall–Kier alpha value is -1.33. The largest absolute Gasteiger partial charge is 0.309 e. The van der Waals surface area contributed by atoms with Crippen LogP contribution in [0.3, 0.4) is 0 Å². The van der Waals surface area contributed by atoms with Gasteiger partial charge in [0.15, 0.2) is 0 Å². The molecular formula is C10H11N2. The SMILES string of the molecule is [CH2]NC(C)c1ccc(C#N)cc1. The third-order valence-electron chi connectivity index (χ3n) is 1.85. The van der Waals surface area contributed by atoms with Crippen LogP contribution in [0.25, 0.3) is 0 Å². The van der Waals surface area contributed by atoms with Gasteiger partial charge in [-0.1, -0.05) is 12.1 Å². The summed E-state index contributed by atoms with van der Waals surface area (Å²) in [5, 5.41) is 11.4. The molecule has 1 unspecified atom stereocenters. The zero-order valence-corrected chi connectivity index (χ0v) is 7.04. The van der Waals surface area contributed by atoms with Crippen LogP contribution in [-0.2, 0) is 0 Å². The standard InChI is InChI=1S/C10H11N2/c1-8(12-2)10-5-3-9(7-11)4-6-10/h3-6,8,12H,2H2,1H3. The first kappa shape index (κ1) is 8.76. The summed E-state index contributed by atoms with van der Waals surface area (Å²) < 4.78 is 0. The van der Waals surface area contributed by atoms with Gasteiger partial charge in [-0.05, 0) is 24.6 Å². The zero-order chi connectivity index (χ0) is 8.97. The van der Waals surface area contributed by atoms with Gasteiger partial charge in [0.1, 0.15) is 0 Å². The molecule has 0 aliphatic carbocycles. The average Bonchev–Trinajstić information content (AvgIpc) is 2.17. The van der Waals surface area contributed by atoms with Gasteiger partial charge in [0.2, 0.25) is 0 Å². The van der Waals surface area contributed by atoms with E-state index in [9.17, 15) is 0 Å². The van der Waals surface area contributed by atoms with Crippen molar-refractivity contribution < 1.29 is 0 Å². The van der Waals surface area contributed by atoms with Gasteiger partial charge in [-0.25, -0.2) is 0 Å². The van der Waals surface area contributed by atoms with E-state index in [1.165, 1.54) is 0 Å². The van der Waals surface area contributed by atoms with E-state index in [2.05, 4.69) is 18.4 Å². The Balaban J connectivity index is 2.86. The number of benzene rings is 1. The monoisotopic (exact) mass is 159 g/mol. The fourth-order valence-electron chi connectivity index (χ4n) is 0.964. The van der Waals surface area contributed by atoms with E-state index in [1.54, 1.807) is 0 Å². The van der Waals surface area contributed by atoms with Crippen LogP contribution in [0.1, 0.15) is 24.1 Å². The third-order valence-corrected chi connectivity index (χ3v) is 1.85. The summed E-state index contributed by atoms with van der Waals surface area (Å²) >= 11 is 0. The van der Waals surface area contributed by atoms with Crippen LogP contribution in [0.5, 0.6) is 0 Å². The maximum Gasteiger partial charge on any atom is 0.0991 e. The van der Waals surface area contributed by atoms with Gasteiger partial charge < -0.3 is 5.32 Å². The summed E-state index contributed by atoms with van der Waals surface area (Å²) in [5.41, 5.74) is 1.83. The van der Waals surface area contributed by atoms with Crippen LogP contribution >= 0.6 is 0 Å². The maximum atomic E-state index is 8.55. The van der Waals surface area contributed by atoms with Crippen molar-refractivity contribution in [1.29, 1.82) is 5.26 Å². The highest BCUT2D eigenvalue weighted by molar-refractivity contribution is 5.32. The molecule has 1 rings (SSSR count). The van der Waals surface area contributed by atoms with Crippen molar-refractivity contribution in [1.82, 2.24) is 5.32 Å². The molecule has 0 aliphatic heterocycles. The van der Waals surface area contributed by atoms with Crippen LogP contribution in [0.15, 0.2) is 24.3 Å². The molecule has 2 heteroatoms. The molecule has 0 aromatic heterocycles. The molecule has 0 heterocycles. The highest BCUT2D eigenvalue weighted by atomic mass is 14.8. The molecule has 0 saturated carbocycles. The predicted molar refractivity (Wildman–Crippen MR) is 48.1 cm³/mol. The fourth-order valence-corrected chi connectivity index (χ4v) is 0.964. The molecule has 0 amide bonds. The molecule has 12 heavy (non-hydrogen) atoms. The highest BCUT2D eigenvalue weighted by Gasteiger charge is 2.00. The minimum absolute atomic E-state index is 0.234. The lowest BCUT2D eigenvalue weighted by Gasteiger charge is -2.09. The van der Waals surface area contributed by atoms with Crippen molar-refractivity contribution in [3.05, 3.63) is 42.4 Å². The highest BCUT2D eigenvalue weighted by Crippen LogP contribution is 2.11. The zero-order valence-electron chi connectivity index (χ0n) is 7.04. The molecule has 0 fully saturated rings. The average molecular weight is 159 g/mol. The smallest absolute Gasteiger partial charge is 0.0991 e. The van der Waals surface area contributed by atoms with E-state index < -0.39 is 0 Å². The summed E-state index contributed by atoms with van der Waals surface area (Å²) in [6.07, 6.45) is 0. The molecule has 0 bridgehead atoms. The molecule has 2 nitrogen and oxygen atoms in total. The molecule has 1 atom stereocenters. The van der Waals surface area contributed by atoms with Gasteiger partial charge in [0.25, 0.3) is 0 Å². The van der Waals surface area contributed by atoms with E-state index in [0.29, 0.717) is 5.56 Å². The predicted octanol–water partition coefficient (Wildman–Crippen LogP) is 2.00. The van der Waals surface area contributed by atoms with Crippen LogP contribution in [-0.4, -0.2) is 0 Å². The van der Waals surface area contributed by atoms with Gasteiger partial charge in [0.05, 0.1) is 11.6 Å². The fraction of sp³-hybridized carbons (Fsp3) is 0.200. The normalized spacial score (nSPS) is 12.1. The van der Waals surface area contributed by atoms with Gasteiger partial charge in [-0.15, -0.1) is 0 Å². The van der Waals surface area contributed by atoms with Crippen LogP contribution < -0.4 is 5.32 Å². The van der Waals surface area contributed by atoms with Gasteiger partial charge in [-0.2, -0.15) is 5.26 Å². The lowest BCUT2D eigenvalue weighted by atomic mass is 10.1. The third kappa shape index (κ3) is 1.84. The summed E-state index contributed by atoms with van der Waals surface area (Å²) in [5.74, 6) is 0. The van der Waals surface area contributed by atoms with Crippen molar-refractivity contribution in [2.24, 2.45) is 0 Å². The molecule has 1 radical (unpaired) electrons. The number of nitrogens with zero attached hydrogens (tertiary/aromatic N) is 1. The van der Waals surface area contributed by atoms with Gasteiger partial charge in [0, 0.05) is 13.1 Å². The minimum Gasteiger partial charge on any atom is -0.309 e. The first-order chi connectivity index (χ1) is 5.77. The number of nitriles is 1. The quantitative estimate of drug-likeness (QED) is 0.716. The molecular weight excluding hydrogens is 148 g/mol. The summed E-state index contributed by atoms with van der Waals surface area (Å²) in [7, 11) is 3.59. The lowest BCUT2D eigenvalue weighted by molar-refractivity contribution is 0.683. The van der Waals surface area contributed by atoms with Crippen molar-refractivity contribution in [2.45, 2.75) is 13.0 Å². The van der Waals surface area contributed by atoms with Gasteiger partial charge in [-0.3, -0.25) is 0 Å². The van der Waals surface area contributed by atoms with Crippen LogP contribution in [0, 0.1) is 18.4 Å². The Kier molecular flexibility index (Phi) is 2.84. The molecule has 1 N–H and O–H groups in total. The second-order valence-electron chi connectivity index (χ2n) is 2.66. The minimum atomic E-state index is 0.234. The van der Waals surface area contributed by atoms with Crippen molar-refractivity contribution in [2.75, 3.05) is 0 Å². The summed E-state index contributed by atoms with van der Waals surface area (Å²) in [6.45, 7) is 2.02. The van der Waals surface area contributed by atoms with E-state index in [4.69, 9.17) is 5.26 Å². The molecule has 0 spiro atoms. The molecule has 1 aromatic carbocycles. The summed E-state index contributed by atoms with van der Waals surface area (Å²) in [4.78, 5) is 0. The first-order valence-electron chi connectivity index (χ1n) is 3.80. The lowest BCUT2D eigenvalue weighted by Crippen LogP contribution is -2.09. The van der Waals surface area contributed by atoms with E-state index >= 15 is 0 Å². The first-order valence-corrected chi connectivity index (χ1v) is 3.80. The number of nitrogens with one attached hydrogen (secondary N) is 1. The Bertz CT molecular complexity index is 282. The van der Waals surface area contributed by atoms with Crippen molar-refractivity contribution >= 4 is 0 Å². The van der Waals surface area contributed by atoms with Gasteiger partial charge >= 0.3 is 0 Å². The molecule has 0 saturated heterocycles. The van der Waals surface area contributed by atoms with Crippen LogP contribution in [0.2, 0.25) is 0 Å². The summed E-state index contributed by atoms with van der Waals surface area (Å²) in [6, 6.07) is 9.79. The van der Waals surface area contributed by atoms with E-state index in [-0.39, 0.29) is 6.04 Å². The van der Waals surface area contributed by atoms with E-state index in [1.807, 2.05) is 31.2 Å². The second-order valence-corrected chi connectivity index (χ2v) is 2.66. The number of hydrogen-bond acceptors (Lipinski definition) is 2. The van der Waals surface area contributed by atoms with Crippen molar-refractivity contribution in [3.8, 4) is 6.07 Å². The topological polar surface area (TPSA) is 35.8 Å². The van der Waals surface area contributed by atoms with Crippen LogP contribution in [0.4, 0.5) is 0 Å². The molecule has 61 valence electrons. The Morgan fingerprint density at radius 2 is 2.00 bits per heavy atom. The second kappa shape index (κ2) is 3.89. The Morgan fingerprint density at radius 3 is 2.42 bits per heavy atom. The number of hydrogen-bond donors (Lipinski definition) is 1. The molecule has 1 aromatic rings.